The molecule has 0 bridgehead atoms. The molecule has 1 atom stereocenters. The van der Waals surface area contributed by atoms with E-state index >= 15 is 0 Å². The van der Waals surface area contributed by atoms with Gasteiger partial charge in [-0.25, -0.2) is 0 Å². The quantitative estimate of drug-likeness (QED) is 0.440. The molecule has 0 heterocycles. The third-order valence-electron chi connectivity index (χ3n) is 1.89. The van der Waals surface area contributed by atoms with E-state index in [9.17, 15) is 0 Å². The monoisotopic (exact) mass is 155 g/mol. The van der Waals surface area contributed by atoms with Crippen LogP contribution in [0.1, 0.15) is 33.1 Å². The van der Waals surface area contributed by atoms with Crippen LogP contribution in [0.2, 0.25) is 0 Å². The van der Waals surface area contributed by atoms with E-state index in [-0.39, 0.29) is 0 Å². The number of hydrogen-bond acceptors (Lipinski definition) is 1. The Balaban J connectivity index is 2.95. The highest BCUT2D eigenvalue weighted by atomic mass is 14.8. The summed E-state index contributed by atoms with van der Waals surface area (Å²) in [6, 6.07) is 0. The van der Waals surface area contributed by atoms with E-state index in [1.165, 1.54) is 25.8 Å². The van der Waals surface area contributed by atoms with Crippen molar-refractivity contribution in [3.63, 3.8) is 0 Å². The lowest BCUT2D eigenvalue weighted by Gasteiger charge is -2.06. The smallest absolute Gasteiger partial charge is 0.00434 e. The summed E-state index contributed by atoms with van der Waals surface area (Å²) >= 11 is 0. The van der Waals surface area contributed by atoms with Crippen molar-refractivity contribution in [2.75, 3.05) is 13.1 Å². The Morgan fingerprint density at radius 3 is 2.73 bits per heavy atom. The van der Waals surface area contributed by atoms with Gasteiger partial charge in [0.1, 0.15) is 0 Å². The van der Waals surface area contributed by atoms with Crippen LogP contribution in [-0.4, -0.2) is 13.1 Å². The zero-order valence-corrected chi connectivity index (χ0v) is 7.90. The molecule has 0 aromatic rings. The fourth-order valence-electron chi connectivity index (χ4n) is 0.874. The molecule has 1 N–H and O–H groups in total. The first-order chi connectivity index (χ1) is 5.31. The van der Waals surface area contributed by atoms with E-state index in [0.717, 1.165) is 6.54 Å². The molecule has 0 aromatic heterocycles. The standard InChI is InChI=1S/C10H21N/c1-4-6-8-11-9-7-10(3)5-2/h5,10-11H,2,4,6-9H2,1,3H3. The van der Waals surface area contributed by atoms with Crippen molar-refractivity contribution in [2.24, 2.45) is 5.92 Å². The third kappa shape index (κ3) is 7.60. The summed E-state index contributed by atoms with van der Waals surface area (Å²) in [5.41, 5.74) is 0. The Bertz CT molecular complexity index is 88.9. The molecule has 0 aliphatic carbocycles. The topological polar surface area (TPSA) is 12.0 Å². The fourth-order valence-corrected chi connectivity index (χ4v) is 0.874. The molecule has 0 saturated carbocycles. The van der Waals surface area contributed by atoms with Gasteiger partial charge < -0.3 is 5.32 Å². The van der Waals surface area contributed by atoms with Crippen LogP contribution in [0.15, 0.2) is 12.7 Å². The van der Waals surface area contributed by atoms with Crippen LogP contribution >= 0.6 is 0 Å². The molecular weight excluding hydrogens is 134 g/mol. The van der Waals surface area contributed by atoms with Crippen LogP contribution in [0.5, 0.6) is 0 Å². The lowest BCUT2D eigenvalue weighted by molar-refractivity contribution is 0.563. The van der Waals surface area contributed by atoms with Gasteiger partial charge in [0.05, 0.1) is 0 Å². The average Bonchev–Trinajstić information content (AvgIpc) is 2.04. The first kappa shape index (κ1) is 10.7. The zero-order chi connectivity index (χ0) is 8.53. The summed E-state index contributed by atoms with van der Waals surface area (Å²) in [5.74, 6) is 0.657. The first-order valence-electron chi connectivity index (χ1n) is 4.64. The van der Waals surface area contributed by atoms with Crippen molar-refractivity contribution >= 4 is 0 Å². The van der Waals surface area contributed by atoms with Crippen molar-refractivity contribution in [1.82, 2.24) is 5.32 Å². The zero-order valence-electron chi connectivity index (χ0n) is 7.90. The molecule has 11 heavy (non-hydrogen) atoms. The molecule has 0 fully saturated rings. The van der Waals surface area contributed by atoms with Crippen molar-refractivity contribution in [2.45, 2.75) is 33.1 Å². The third-order valence-corrected chi connectivity index (χ3v) is 1.89. The SMILES string of the molecule is C=CC(C)CCNCCCC. The summed E-state index contributed by atoms with van der Waals surface area (Å²) in [7, 11) is 0. The van der Waals surface area contributed by atoms with Crippen LogP contribution < -0.4 is 5.32 Å². The summed E-state index contributed by atoms with van der Waals surface area (Å²) in [6.45, 7) is 10.5. The minimum atomic E-state index is 0.657. The van der Waals surface area contributed by atoms with Crippen LogP contribution in [0.25, 0.3) is 0 Å². The predicted octanol–water partition coefficient (Wildman–Crippen LogP) is 2.59. The van der Waals surface area contributed by atoms with E-state index in [1.54, 1.807) is 0 Å². The molecule has 0 amide bonds. The van der Waals surface area contributed by atoms with Crippen molar-refractivity contribution in [1.29, 1.82) is 0 Å². The summed E-state index contributed by atoms with van der Waals surface area (Å²) < 4.78 is 0. The second-order valence-electron chi connectivity index (χ2n) is 3.11. The second kappa shape index (κ2) is 7.80. The molecule has 66 valence electrons. The van der Waals surface area contributed by atoms with Gasteiger partial charge in [-0.15, -0.1) is 6.58 Å². The van der Waals surface area contributed by atoms with Gasteiger partial charge in [-0.2, -0.15) is 0 Å². The van der Waals surface area contributed by atoms with Crippen LogP contribution in [-0.2, 0) is 0 Å². The molecule has 0 spiro atoms. The fraction of sp³-hybridized carbons (Fsp3) is 0.800. The largest absolute Gasteiger partial charge is 0.317 e. The highest BCUT2D eigenvalue weighted by Crippen LogP contribution is 1.99. The number of rotatable bonds is 7. The van der Waals surface area contributed by atoms with Gasteiger partial charge in [-0.05, 0) is 31.8 Å². The molecule has 0 saturated heterocycles. The average molecular weight is 155 g/mol. The minimum absolute atomic E-state index is 0.657. The molecular formula is C10H21N. The van der Waals surface area contributed by atoms with E-state index < -0.39 is 0 Å². The predicted molar refractivity (Wildman–Crippen MR) is 51.8 cm³/mol. The van der Waals surface area contributed by atoms with Crippen molar-refractivity contribution < 1.29 is 0 Å². The van der Waals surface area contributed by atoms with Gasteiger partial charge in [0, 0.05) is 0 Å². The highest BCUT2D eigenvalue weighted by molar-refractivity contribution is 4.75. The van der Waals surface area contributed by atoms with Gasteiger partial charge in [0.2, 0.25) is 0 Å². The number of nitrogens with one attached hydrogen (secondary N) is 1. The molecule has 0 aliphatic heterocycles. The summed E-state index contributed by atoms with van der Waals surface area (Å²) in [5, 5.41) is 3.40. The summed E-state index contributed by atoms with van der Waals surface area (Å²) in [6.07, 6.45) is 5.81. The van der Waals surface area contributed by atoms with Crippen LogP contribution in [0, 0.1) is 5.92 Å². The Hall–Kier alpha value is -0.300. The van der Waals surface area contributed by atoms with Gasteiger partial charge >= 0.3 is 0 Å². The van der Waals surface area contributed by atoms with Crippen LogP contribution in [0.4, 0.5) is 0 Å². The van der Waals surface area contributed by atoms with E-state index in [2.05, 4.69) is 25.7 Å². The van der Waals surface area contributed by atoms with Crippen LogP contribution in [0.3, 0.4) is 0 Å². The number of hydrogen-bond donors (Lipinski definition) is 1. The Labute approximate surface area is 70.9 Å². The van der Waals surface area contributed by atoms with E-state index in [1.807, 2.05) is 6.08 Å². The second-order valence-corrected chi connectivity index (χ2v) is 3.11. The Kier molecular flexibility index (Phi) is 7.59. The van der Waals surface area contributed by atoms with E-state index in [4.69, 9.17) is 0 Å². The maximum Gasteiger partial charge on any atom is -0.00434 e. The van der Waals surface area contributed by atoms with E-state index in [0.29, 0.717) is 5.92 Å². The Morgan fingerprint density at radius 2 is 2.18 bits per heavy atom. The van der Waals surface area contributed by atoms with Gasteiger partial charge in [0.25, 0.3) is 0 Å². The van der Waals surface area contributed by atoms with Gasteiger partial charge in [-0.3, -0.25) is 0 Å². The first-order valence-corrected chi connectivity index (χ1v) is 4.64. The summed E-state index contributed by atoms with van der Waals surface area (Å²) in [4.78, 5) is 0. The number of unbranched alkanes of at least 4 members (excludes halogenated alkanes) is 1. The lowest BCUT2D eigenvalue weighted by atomic mass is 10.1. The lowest BCUT2D eigenvalue weighted by Crippen LogP contribution is -2.17. The Morgan fingerprint density at radius 1 is 1.45 bits per heavy atom. The molecule has 0 rings (SSSR count). The maximum atomic E-state index is 3.75. The molecule has 1 heteroatoms. The normalized spacial score (nSPS) is 12.9. The minimum Gasteiger partial charge on any atom is -0.317 e. The molecule has 0 aromatic carbocycles. The number of allylic oxidation sites excluding steroid dienone is 1. The molecule has 1 unspecified atom stereocenters. The highest BCUT2D eigenvalue weighted by Gasteiger charge is 1.93. The maximum absolute atomic E-state index is 3.75. The molecule has 1 nitrogen and oxygen atoms in total. The molecule has 0 radical (unpaired) electrons. The molecule has 0 aliphatic rings. The van der Waals surface area contributed by atoms with Crippen molar-refractivity contribution in [3.8, 4) is 0 Å². The van der Waals surface area contributed by atoms with Crippen molar-refractivity contribution in [3.05, 3.63) is 12.7 Å². The van der Waals surface area contributed by atoms with Gasteiger partial charge in [-0.1, -0.05) is 26.3 Å². The van der Waals surface area contributed by atoms with Gasteiger partial charge in [0.15, 0.2) is 0 Å².